The Bertz CT molecular complexity index is 596. The van der Waals surface area contributed by atoms with Gasteiger partial charge < -0.3 is 19.5 Å². The van der Waals surface area contributed by atoms with Crippen molar-refractivity contribution in [2.24, 2.45) is 0 Å². The molecule has 0 aliphatic carbocycles. The highest BCUT2D eigenvalue weighted by Crippen LogP contribution is 2.32. The van der Waals surface area contributed by atoms with Gasteiger partial charge in [-0.15, -0.1) is 0 Å². The van der Waals surface area contributed by atoms with Gasteiger partial charge in [0.05, 0.1) is 0 Å². The van der Waals surface area contributed by atoms with Crippen LogP contribution in [0.4, 0.5) is 0 Å². The predicted molar refractivity (Wildman–Crippen MR) is 77.1 cm³/mol. The van der Waals surface area contributed by atoms with Crippen LogP contribution in [0.2, 0.25) is 0 Å². The zero-order chi connectivity index (χ0) is 15.7. The molecule has 2 aliphatic rings. The fourth-order valence-electron chi connectivity index (χ4n) is 2.68. The second-order valence-electron chi connectivity index (χ2n) is 5.41. The Morgan fingerprint density at radius 2 is 1.82 bits per heavy atom. The third kappa shape index (κ3) is 2.71. The van der Waals surface area contributed by atoms with Gasteiger partial charge in [-0.2, -0.15) is 0 Å². The van der Waals surface area contributed by atoms with Gasteiger partial charge in [0, 0.05) is 31.7 Å². The van der Waals surface area contributed by atoms with Crippen LogP contribution in [0.5, 0.6) is 11.5 Å². The maximum atomic E-state index is 12.5. The number of rotatable bonds is 3. The number of benzene rings is 1. The fraction of sp³-hybridized carbons (Fsp3) is 0.467. The topological polar surface area (TPSA) is 79.3 Å². The first kappa shape index (κ1) is 14.6. The van der Waals surface area contributed by atoms with E-state index >= 15 is 0 Å². The van der Waals surface area contributed by atoms with E-state index in [2.05, 4.69) is 0 Å². The Hall–Kier alpha value is -2.28. The highest BCUT2D eigenvalue weighted by Gasteiger charge is 2.28. The van der Waals surface area contributed by atoms with Crippen molar-refractivity contribution in [1.82, 2.24) is 9.80 Å². The number of hydrogen-bond acceptors (Lipinski definition) is 5. The number of fused-ring (bicyclic) bond motifs is 1. The van der Waals surface area contributed by atoms with E-state index in [9.17, 15) is 9.59 Å². The van der Waals surface area contributed by atoms with Crippen molar-refractivity contribution in [3.63, 3.8) is 0 Å². The maximum Gasteiger partial charge on any atom is 0.320 e. The lowest BCUT2D eigenvalue weighted by molar-refractivity contribution is -0.143. The smallest absolute Gasteiger partial charge is 0.320 e. The number of carboxylic acids is 1. The summed E-state index contributed by atoms with van der Waals surface area (Å²) in [5.74, 6) is 0.331. The molecule has 0 bridgehead atoms. The minimum absolute atomic E-state index is 0.0686. The molecular formula is C15H18N2O5. The number of amides is 1. The zero-order valence-electron chi connectivity index (χ0n) is 12.3. The molecule has 0 saturated carbocycles. The molecule has 1 saturated heterocycles. The Labute approximate surface area is 128 Å². The molecule has 0 aromatic heterocycles. The van der Waals surface area contributed by atoms with E-state index in [1.165, 1.54) is 0 Å². The van der Waals surface area contributed by atoms with E-state index in [1.54, 1.807) is 30.0 Å². The standard InChI is InChI=1S/C15H18N2O5/c1-10(15(19)20)16-4-6-17(7-5-16)14(18)11-2-3-12-13(8-11)22-9-21-12/h2-3,8,10H,4-7,9H2,1H3,(H,19,20). The highest BCUT2D eigenvalue weighted by molar-refractivity contribution is 5.95. The van der Waals surface area contributed by atoms with Crippen LogP contribution < -0.4 is 9.47 Å². The number of carboxylic acid groups (broad SMARTS) is 1. The minimum Gasteiger partial charge on any atom is -0.480 e. The van der Waals surface area contributed by atoms with Gasteiger partial charge in [0.15, 0.2) is 11.5 Å². The van der Waals surface area contributed by atoms with E-state index in [4.69, 9.17) is 14.6 Å². The van der Waals surface area contributed by atoms with Crippen LogP contribution in [0.25, 0.3) is 0 Å². The molecule has 1 unspecified atom stereocenters. The average molecular weight is 306 g/mol. The van der Waals surface area contributed by atoms with Gasteiger partial charge in [0.2, 0.25) is 6.79 Å². The summed E-state index contributed by atoms with van der Waals surface area (Å²) in [4.78, 5) is 27.1. The molecule has 0 spiro atoms. The van der Waals surface area contributed by atoms with Crippen molar-refractivity contribution in [2.45, 2.75) is 13.0 Å². The van der Waals surface area contributed by atoms with Gasteiger partial charge in [-0.25, -0.2) is 0 Å². The van der Waals surface area contributed by atoms with Crippen LogP contribution in [0.3, 0.4) is 0 Å². The molecule has 1 aromatic carbocycles. The Morgan fingerprint density at radius 1 is 1.14 bits per heavy atom. The lowest BCUT2D eigenvalue weighted by atomic mass is 10.1. The van der Waals surface area contributed by atoms with E-state index in [1.807, 2.05) is 4.90 Å². The molecule has 2 aliphatic heterocycles. The molecule has 1 fully saturated rings. The summed E-state index contributed by atoms with van der Waals surface area (Å²) in [5.41, 5.74) is 0.559. The van der Waals surface area contributed by atoms with Crippen LogP contribution in [-0.2, 0) is 4.79 Å². The Kier molecular flexibility index (Phi) is 3.89. The predicted octanol–water partition coefficient (Wildman–Crippen LogP) is 0.646. The van der Waals surface area contributed by atoms with E-state index in [0.717, 1.165) is 0 Å². The minimum atomic E-state index is -0.837. The second-order valence-corrected chi connectivity index (χ2v) is 5.41. The van der Waals surface area contributed by atoms with Gasteiger partial charge in [-0.05, 0) is 25.1 Å². The van der Waals surface area contributed by atoms with Crippen molar-refractivity contribution >= 4 is 11.9 Å². The fourth-order valence-corrected chi connectivity index (χ4v) is 2.68. The molecule has 22 heavy (non-hydrogen) atoms. The van der Waals surface area contributed by atoms with E-state index in [0.29, 0.717) is 43.2 Å². The van der Waals surface area contributed by atoms with E-state index in [-0.39, 0.29) is 12.7 Å². The van der Waals surface area contributed by atoms with Crippen molar-refractivity contribution in [1.29, 1.82) is 0 Å². The van der Waals surface area contributed by atoms with Gasteiger partial charge in [-0.1, -0.05) is 0 Å². The Balaban J connectivity index is 1.64. The lowest BCUT2D eigenvalue weighted by Crippen LogP contribution is -2.53. The number of ether oxygens (including phenoxy) is 2. The summed E-state index contributed by atoms with van der Waals surface area (Å²) >= 11 is 0. The Morgan fingerprint density at radius 3 is 2.50 bits per heavy atom. The number of carbonyl (C=O) groups excluding carboxylic acids is 1. The van der Waals surface area contributed by atoms with Gasteiger partial charge >= 0.3 is 5.97 Å². The van der Waals surface area contributed by atoms with E-state index < -0.39 is 12.0 Å². The van der Waals surface area contributed by atoms with Crippen molar-refractivity contribution in [3.8, 4) is 11.5 Å². The van der Waals surface area contributed by atoms with Crippen LogP contribution in [0, 0.1) is 0 Å². The van der Waals surface area contributed by atoms with Gasteiger partial charge in [0.1, 0.15) is 6.04 Å². The SMILES string of the molecule is CC(C(=O)O)N1CCN(C(=O)c2ccc3c(c2)OCO3)CC1. The zero-order valence-corrected chi connectivity index (χ0v) is 12.3. The number of piperazine rings is 1. The highest BCUT2D eigenvalue weighted by atomic mass is 16.7. The molecule has 7 nitrogen and oxygen atoms in total. The second kappa shape index (κ2) is 5.84. The van der Waals surface area contributed by atoms with Crippen LogP contribution in [-0.4, -0.2) is 65.8 Å². The van der Waals surface area contributed by atoms with Gasteiger partial charge in [0.25, 0.3) is 5.91 Å². The average Bonchev–Trinajstić information content (AvgIpc) is 3.01. The van der Waals surface area contributed by atoms with Crippen LogP contribution >= 0.6 is 0 Å². The monoisotopic (exact) mass is 306 g/mol. The van der Waals surface area contributed by atoms with Crippen molar-refractivity contribution < 1.29 is 24.2 Å². The molecule has 3 rings (SSSR count). The number of hydrogen-bond donors (Lipinski definition) is 1. The van der Waals surface area contributed by atoms with Crippen molar-refractivity contribution in [3.05, 3.63) is 23.8 Å². The molecule has 1 atom stereocenters. The molecule has 1 amide bonds. The maximum absolute atomic E-state index is 12.5. The van der Waals surface area contributed by atoms with Gasteiger partial charge in [-0.3, -0.25) is 14.5 Å². The largest absolute Gasteiger partial charge is 0.480 e. The molecule has 1 N–H and O–H groups in total. The quantitative estimate of drug-likeness (QED) is 0.883. The first-order valence-electron chi connectivity index (χ1n) is 7.22. The van der Waals surface area contributed by atoms with Crippen molar-refractivity contribution in [2.75, 3.05) is 33.0 Å². The molecule has 0 radical (unpaired) electrons. The third-order valence-corrected chi connectivity index (χ3v) is 4.13. The summed E-state index contributed by atoms with van der Waals surface area (Å²) in [6.45, 7) is 4.00. The number of aliphatic carboxylic acids is 1. The normalized spacial score (nSPS) is 19.0. The van der Waals surface area contributed by atoms with Crippen LogP contribution in [0.15, 0.2) is 18.2 Å². The lowest BCUT2D eigenvalue weighted by Gasteiger charge is -2.36. The molecule has 1 aromatic rings. The summed E-state index contributed by atoms with van der Waals surface area (Å²) in [7, 11) is 0. The molecule has 118 valence electrons. The first-order valence-corrected chi connectivity index (χ1v) is 7.22. The summed E-state index contributed by atoms with van der Waals surface area (Å²) in [6.07, 6.45) is 0. The summed E-state index contributed by atoms with van der Waals surface area (Å²) < 4.78 is 10.5. The third-order valence-electron chi connectivity index (χ3n) is 4.13. The molecule has 7 heteroatoms. The number of carbonyl (C=O) groups is 2. The number of nitrogens with zero attached hydrogens (tertiary/aromatic N) is 2. The van der Waals surface area contributed by atoms with Crippen LogP contribution in [0.1, 0.15) is 17.3 Å². The molecular weight excluding hydrogens is 288 g/mol. The summed E-state index contributed by atoms with van der Waals surface area (Å²) in [5, 5.41) is 9.03. The molecule has 2 heterocycles. The summed E-state index contributed by atoms with van der Waals surface area (Å²) in [6, 6.07) is 4.62. The first-order chi connectivity index (χ1) is 10.6.